The molecule has 0 aliphatic carbocycles. The van der Waals surface area contributed by atoms with E-state index >= 15 is 0 Å². The Bertz CT molecular complexity index is 387. The molecule has 1 atom stereocenters. The van der Waals surface area contributed by atoms with Crippen LogP contribution in [-0.2, 0) is 6.42 Å². The zero-order chi connectivity index (χ0) is 10.5. The van der Waals surface area contributed by atoms with Crippen molar-refractivity contribution in [3.8, 4) is 0 Å². The highest BCUT2D eigenvalue weighted by Crippen LogP contribution is 2.15. The summed E-state index contributed by atoms with van der Waals surface area (Å²) in [5.41, 5.74) is 0. The monoisotopic (exact) mass is 220 g/mol. The van der Waals surface area contributed by atoms with Gasteiger partial charge in [-0.1, -0.05) is 0 Å². The number of rotatable bonds is 4. The first-order valence-electron chi connectivity index (χ1n) is 4.72. The molecule has 0 radical (unpaired) electrons. The molecular weight excluding hydrogens is 208 g/mol. The smallest absolute Gasteiger partial charge is 0.145 e. The number of hydrogen-bond donors (Lipinski definition) is 1. The lowest BCUT2D eigenvalue weighted by atomic mass is 10.2. The molecule has 0 aliphatic heterocycles. The van der Waals surface area contributed by atoms with Gasteiger partial charge >= 0.3 is 0 Å². The maximum Gasteiger partial charge on any atom is 0.145 e. The Labute approximate surface area is 92.4 Å². The summed E-state index contributed by atoms with van der Waals surface area (Å²) in [6.45, 7) is 0. The predicted molar refractivity (Wildman–Crippen MR) is 59.7 cm³/mol. The zero-order valence-electron chi connectivity index (χ0n) is 8.42. The molecule has 0 saturated carbocycles. The van der Waals surface area contributed by atoms with E-state index in [1.807, 2.05) is 24.7 Å². The molecule has 1 N–H and O–H groups in total. The molecule has 1 unspecified atom stereocenters. The van der Waals surface area contributed by atoms with Gasteiger partial charge in [0.15, 0.2) is 0 Å². The standard InChI is InChI=1S/C10H12N4S/c1-11-8(7-9-12-5-6-15-9)10-13-3-2-4-14-10/h2-6,8,11H,7H2,1H3. The van der Waals surface area contributed by atoms with Gasteiger partial charge in [-0.15, -0.1) is 11.3 Å². The molecule has 2 aromatic heterocycles. The first kappa shape index (κ1) is 10.2. The lowest BCUT2D eigenvalue weighted by molar-refractivity contribution is 0.556. The summed E-state index contributed by atoms with van der Waals surface area (Å²) in [4.78, 5) is 12.7. The summed E-state index contributed by atoms with van der Waals surface area (Å²) >= 11 is 1.65. The van der Waals surface area contributed by atoms with E-state index in [9.17, 15) is 0 Å². The van der Waals surface area contributed by atoms with E-state index in [1.165, 1.54) is 0 Å². The minimum Gasteiger partial charge on any atom is -0.310 e. The number of hydrogen-bond acceptors (Lipinski definition) is 5. The van der Waals surface area contributed by atoms with Crippen LogP contribution in [0.15, 0.2) is 30.0 Å². The molecule has 0 saturated heterocycles. The number of likely N-dealkylation sites (N-methyl/N-ethyl adjacent to an activating group) is 1. The topological polar surface area (TPSA) is 50.7 Å². The molecule has 2 rings (SSSR count). The second kappa shape index (κ2) is 4.95. The van der Waals surface area contributed by atoms with E-state index < -0.39 is 0 Å². The Morgan fingerprint density at radius 1 is 1.27 bits per heavy atom. The SMILES string of the molecule is CNC(Cc1nccs1)c1ncccn1. The Morgan fingerprint density at radius 2 is 2.07 bits per heavy atom. The highest BCUT2D eigenvalue weighted by atomic mass is 32.1. The summed E-state index contributed by atoms with van der Waals surface area (Å²) < 4.78 is 0. The molecule has 4 nitrogen and oxygen atoms in total. The van der Waals surface area contributed by atoms with Crippen molar-refractivity contribution in [1.82, 2.24) is 20.3 Å². The van der Waals surface area contributed by atoms with Gasteiger partial charge in [0.1, 0.15) is 5.82 Å². The molecule has 78 valence electrons. The fourth-order valence-electron chi connectivity index (χ4n) is 1.34. The summed E-state index contributed by atoms with van der Waals surface area (Å²) in [5, 5.41) is 6.28. The highest BCUT2D eigenvalue weighted by molar-refractivity contribution is 7.09. The van der Waals surface area contributed by atoms with E-state index in [1.54, 1.807) is 23.7 Å². The highest BCUT2D eigenvalue weighted by Gasteiger charge is 2.13. The molecule has 2 heterocycles. The fraction of sp³-hybridized carbons (Fsp3) is 0.300. The van der Waals surface area contributed by atoms with Crippen molar-refractivity contribution < 1.29 is 0 Å². The zero-order valence-corrected chi connectivity index (χ0v) is 9.24. The molecule has 15 heavy (non-hydrogen) atoms. The quantitative estimate of drug-likeness (QED) is 0.847. The Balaban J connectivity index is 2.12. The third-order valence-electron chi connectivity index (χ3n) is 2.11. The summed E-state index contributed by atoms with van der Waals surface area (Å²) in [6, 6.07) is 1.96. The average Bonchev–Trinajstić information content (AvgIpc) is 2.80. The van der Waals surface area contributed by atoms with Crippen LogP contribution in [0.3, 0.4) is 0 Å². The summed E-state index contributed by atoms with van der Waals surface area (Å²) in [6.07, 6.45) is 6.17. The predicted octanol–water partition coefficient (Wildman–Crippen LogP) is 1.44. The third kappa shape index (κ3) is 2.57. The maximum absolute atomic E-state index is 4.25. The second-order valence-electron chi connectivity index (χ2n) is 3.08. The van der Waals surface area contributed by atoms with Gasteiger partial charge < -0.3 is 5.32 Å². The van der Waals surface area contributed by atoms with Crippen molar-refractivity contribution in [2.24, 2.45) is 0 Å². The van der Waals surface area contributed by atoms with Gasteiger partial charge in [-0.2, -0.15) is 0 Å². The van der Waals surface area contributed by atoms with Gasteiger partial charge in [0, 0.05) is 30.4 Å². The molecule has 0 fully saturated rings. The van der Waals surface area contributed by atoms with E-state index in [0.29, 0.717) is 0 Å². The lowest BCUT2D eigenvalue weighted by Crippen LogP contribution is -2.21. The van der Waals surface area contributed by atoms with Crippen LogP contribution in [-0.4, -0.2) is 22.0 Å². The van der Waals surface area contributed by atoms with Crippen LogP contribution < -0.4 is 5.32 Å². The molecule has 0 aromatic carbocycles. The first-order valence-corrected chi connectivity index (χ1v) is 5.60. The van der Waals surface area contributed by atoms with Crippen LogP contribution >= 0.6 is 11.3 Å². The van der Waals surface area contributed by atoms with Crippen LogP contribution in [0.4, 0.5) is 0 Å². The van der Waals surface area contributed by atoms with Gasteiger partial charge in [-0.05, 0) is 13.1 Å². The molecule has 0 bridgehead atoms. The Hall–Kier alpha value is -1.33. The van der Waals surface area contributed by atoms with Crippen LogP contribution in [0.25, 0.3) is 0 Å². The molecule has 0 aliphatic rings. The summed E-state index contributed by atoms with van der Waals surface area (Å²) in [5.74, 6) is 0.815. The Morgan fingerprint density at radius 3 is 2.67 bits per heavy atom. The number of thiazole rings is 1. The first-order chi connectivity index (χ1) is 7.40. The number of aromatic nitrogens is 3. The van der Waals surface area contributed by atoms with Gasteiger partial charge in [-0.25, -0.2) is 15.0 Å². The van der Waals surface area contributed by atoms with E-state index in [-0.39, 0.29) is 6.04 Å². The largest absolute Gasteiger partial charge is 0.310 e. The van der Waals surface area contributed by atoms with Crippen molar-refractivity contribution >= 4 is 11.3 Å². The van der Waals surface area contributed by atoms with Gasteiger partial charge in [0.25, 0.3) is 0 Å². The Kier molecular flexibility index (Phi) is 3.37. The van der Waals surface area contributed by atoms with Gasteiger partial charge in [0.05, 0.1) is 11.0 Å². The van der Waals surface area contributed by atoms with E-state index in [0.717, 1.165) is 17.3 Å². The molecular formula is C10H12N4S. The lowest BCUT2D eigenvalue weighted by Gasteiger charge is -2.12. The van der Waals surface area contributed by atoms with Crippen LogP contribution in [0, 0.1) is 0 Å². The van der Waals surface area contributed by atoms with E-state index in [4.69, 9.17) is 0 Å². The minimum absolute atomic E-state index is 0.136. The van der Waals surface area contributed by atoms with E-state index in [2.05, 4.69) is 20.3 Å². The van der Waals surface area contributed by atoms with Crippen molar-refractivity contribution in [2.75, 3.05) is 7.05 Å². The summed E-state index contributed by atoms with van der Waals surface area (Å²) in [7, 11) is 1.91. The molecule has 0 amide bonds. The average molecular weight is 220 g/mol. The van der Waals surface area contributed by atoms with Crippen molar-refractivity contribution in [1.29, 1.82) is 0 Å². The normalized spacial score (nSPS) is 12.6. The fourth-order valence-corrected chi connectivity index (χ4v) is 2.00. The molecule has 5 heteroatoms. The van der Waals surface area contributed by atoms with Crippen LogP contribution in [0.2, 0.25) is 0 Å². The van der Waals surface area contributed by atoms with Crippen LogP contribution in [0.5, 0.6) is 0 Å². The second-order valence-corrected chi connectivity index (χ2v) is 4.06. The van der Waals surface area contributed by atoms with Crippen molar-refractivity contribution in [3.05, 3.63) is 40.9 Å². The minimum atomic E-state index is 0.136. The van der Waals surface area contributed by atoms with Gasteiger partial charge in [-0.3, -0.25) is 0 Å². The van der Waals surface area contributed by atoms with Crippen molar-refractivity contribution in [2.45, 2.75) is 12.5 Å². The van der Waals surface area contributed by atoms with Crippen molar-refractivity contribution in [3.63, 3.8) is 0 Å². The molecule has 2 aromatic rings. The van der Waals surface area contributed by atoms with Gasteiger partial charge in [0.2, 0.25) is 0 Å². The third-order valence-corrected chi connectivity index (χ3v) is 2.91. The number of nitrogens with one attached hydrogen (secondary N) is 1. The number of nitrogens with zero attached hydrogens (tertiary/aromatic N) is 3. The molecule has 0 spiro atoms. The maximum atomic E-state index is 4.25. The van der Waals surface area contributed by atoms with Crippen LogP contribution in [0.1, 0.15) is 16.9 Å².